The number of hydrogen-bond acceptors (Lipinski definition) is 23. The summed E-state index contributed by atoms with van der Waals surface area (Å²) >= 11 is 0. The van der Waals surface area contributed by atoms with E-state index in [0.717, 1.165) is 13.0 Å². The van der Waals surface area contributed by atoms with E-state index < -0.39 is 18.4 Å². The third kappa shape index (κ3) is 78.1. The Kier molecular flexibility index (Phi) is 76.2. The quantitative estimate of drug-likeness (QED) is 0.0360. The second-order valence-electron chi connectivity index (χ2n) is 19.9. The van der Waals surface area contributed by atoms with Crippen LogP contribution in [0.15, 0.2) is 12.2 Å². The SMILES string of the molecule is C=C(CC(=O)O)C(=O)OCCOCCOCCOCCOCCOCCOCCOCCOCCOCCOCCOCCOCCOCCOCCOCCOCCOCCOCCOCCOCCCCCCCCCCCCCCCCCC. The van der Waals surface area contributed by atoms with Crippen molar-refractivity contribution in [3.63, 3.8) is 0 Å². The van der Waals surface area contributed by atoms with Gasteiger partial charge in [-0.05, 0) is 6.42 Å². The molecule has 24 nitrogen and oxygen atoms in total. The van der Waals surface area contributed by atoms with Crippen LogP contribution < -0.4 is 0 Å². The highest BCUT2D eigenvalue weighted by Crippen LogP contribution is 2.14. The van der Waals surface area contributed by atoms with Crippen LogP contribution in [-0.2, 0) is 109 Å². The molecule has 0 rings (SSSR count). The van der Waals surface area contributed by atoms with Crippen molar-refractivity contribution >= 4 is 11.9 Å². The van der Waals surface area contributed by atoms with E-state index >= 15 is 0 Å². The molecular weight excluding hydrogens is 1140 g/mol. The van der Waals surface area contributed by atoms with E-state index in [9.17, 15) is 9.59 Å². The molecule has 0 fully saturated rings. The van der Waals surface area contributed by atoms with E-state index in [0.29, 0.717) is 251 Å². The zero-order valence-corrected chi connectivity index (χ0v) is 54.1. The Morgan fingerprint density at radius 3 is 0.552 bits per heavy atom. The second-order valence-corrected chi connectivity index (χ2v) is 19.9. The lowest BCUT2D eigenvalue weighted by Crippen LogP contribution is -2.16. The number of ether oxygens (including phenoxy) is 21. The summed E-state index contributed by atoms with van der Waals surface area (Å²) in [6.45, 7) is 25.0. The molecule has 0 aromatic heterocycles. The number of aliphatic carboxylic acids is 1. The van der Waals surface area contributed by atoms with Crippen LogP contribution in [0.3, 0.4) is 0 Å². The second kappa shape index (κ2) is 78.1. The summed E-state index contributed by atoms with van der Waals surface area (Å²) in [6.07, 6.45) is 21.6. The molecule has 1 N–H and O–H groups in total. The van der Waals surface area contributed by atoms with Gasteiger partial charge in [0, 0.05) is 12.2 Å². The number of carboxylic acids is 1. The minimum Gasteiger partial charge on any atom is -0.481 e. The lowest BCUT2D eigenvalue weighted by Gasteiger charge is -2.09. The summed E-state index contributed by atoms with van der Waals surface area (Å²) < 4.78 is 115. The molecule has 0 aromatic rings. The fraction of sp³-hybridized carbons (Fsp3) is 0.937. The summed E-state index contributed by atoms with van der Waals surface area (Å²) in [6, 6.07) is 0. The van der Waals surface area contributed by atoms with E-state index in [4.69, 9.17) is 105 Å². The molecule has 518 valence electrons. The molecule has 0 bridgehead atoms. The minimum atomic E-state index is -1.14. The topological polar surface area (TPSA) is 248 Å². The van der Waals surface area contributed by atoms with Crippen LogP contribution >= 0.6 is 0 Å². The lowest BCUT2D eigenvalue weighted by atomic mass is 10.0. The van der Waals surface area contributed by atoms with Crippen molar-refractivity contribution in [2.45, 2.75) is 116 Å². The summed E-state index contributed by atoms with van der Waals surface area (Å²) in [5.74, 6) is -1.89. The van der Waals surface area contributed by atoms with Gasteiger partial charge in [-0.2, -0.15) is 0 Å². The number of carboxylic acid groups (broad SMARTS) is 1. The van der Waals surface area contributed by atoms with Crippen LogP contribution in [0.1, 0.15) is 116 Å². The fourth-order valence-corrected chi connectivity index (χ4v) is 7.58. The Morgan fingerprint density at radius 1 is 0.230 bits per heavy atom. The van der Waals surface area contributed by atoms with Crippen molar-refractivity contribution < 1.29 is 114 Å². The number of hydrogen-bond donors (Lipinski definition) is 1. The molecule has 0 saturated carbocycles. The van der Waals surface area contributed by atoms with E-state index in [2.05, 4.69) is 13.5 Å². The number of esters is 1. The van der Waals surface area contributed by atoms with Gasteiger partial charge in [-0.25, -0.2) is 4.79 Å². The van der Waals surface area contributed by atoms with Gasteiger partial charge in [0.25, 0.3) is 0 Å². The molecule has 24 heteroatoms. The highest BCUT2D eigenvalue weighted by molar-refractivity contribution is 5.92. The predicted molar refractivity (Wildman–Crippen MR) is 328 cm³/mol. The minimum absolute atomic E-state index is 0.00382. The van der Waals surface area contributed by atoms with E-state index in [1.54, 1.807) is 0 Å². The molecule has 0 radical (unpaired) electrons. The Hall–Kier alpha value is -2.12. The van der Waals surface area contributed by atoms with Gasteiger partial charge in [0.15, 0.2) is 0 Å². The molecule has 0 unspecified atom stereocenters. The molecule has 0 aliphatic heterocycles. The zero-order chi connectivity index (χ0) is 62.6. The predicted octanol–water partition coefficient (Wildman–Crippen LogP) is 7.15. The zero-order valence-electron chi connectivity index (χ0n) is 54.1. The Balaban J connectivity index is 3.11. The van der Waals surface area contributed by atoms with Gasteiger partial charge in [0.1, 0.15) is 6.61 Å². The van der Waals surface area contributed by atoms with E-state index in [1.165, 1.54) is 96.3 Å². The average Bonchev–Trinajstić information content (AvgIpc) is 3.52. The smallest absolute Gasteiger partial charge is 0.334 e. The number of rotatable bonds is 80. The molecule has 0 aromatic carbocycles. The van der Waals surface area contributed by atoms with Crippen molar-refractivity contribution in [3.8, 4) is 0 Å². The van der Waals surface area contributed by atoms with Gasteiger partial charge in [0.05, 0.1) is 264 Å². The third-order valence-corrected chi connectivity index (χ3v) is 12.3. The summed E-state index contributed by atoms with van der Waals surface area (Å²) in [7, 11) is 0. The van der Waals surface area contributed by atoms with Crippen LogP contribution in [0.5, 0.6) is 0 Å². The van der Waals surface area contributed by atoms with Crippen molar-refractivity contribution in [1.82, 2.24) is 0 Å². The Morgan fingerprint density at radius 2 is 0.379 bits per heavy atom. The van der Waals surface area contributed by atoms with Crippen molar-refractivity contribution in [2.75, 3.05) is 271 Å². The van der Waals surface area contributed by atoms with Crippen molar-refractivity contribution in [2.24, 2.45) is 0 Å². The first kappa shape index (κ1) is 84.9. The fourth-order valence-electron chi connectivity index (χ4n) is 7.58. The van der Waals surface area contributed by atoms with Gasteiger partial charge in [-0.1, -0.05) is 110 Å². The molecule has 87 heavy (non-hydrogen) atoms. The van der Waals surface area contributed by atoms with E-state index in [1.807, 2.05) is 0 Å². The first-order valence-corrected chi connectivity index (χ1v) is 32.7. The van der Waals surface area contributed by atoms with Gasteiger partial charge in [-0.15, -0.1) is 0 Å². The standard InChI is InChI=1S/C63H122O24/c1-3-4-5-6-7-8-9-10-11-12-13-14-15-16-17-18-19-67-20-21-68-22-23-69-24-25-70-26-27-71-28-29-72-30-31-73-32-33-74-34-35-75-36-37-76-38-39-77-40-41-78-42-43-79-44-45-80-46-47-81-48-49-82-50-51-83-52-53-84-54-55-85-56-57-86-58-59-87-63(66)61(2)60-62(64)65/h2-60H2,1H3,(H,64,65). The molecular formula is C63H122O24. The van der Waals surface area contributed by atoms with Crippen LogP contribution in [0.4, 0.5) is 0 Å². The van der Waals surface area contributed by atoms with Gasteiger partial charge in [-0.3, -0.25) is 4.79 Å². The van der Waals surface area contributed by atoms with Crippen LogP contribution in [0.25, 0.3) is 0 Å². The summed E-state index contributed by atoms with van der Waals surface area (Å²) in [4.78, 5) is 22.1. The van der Waals surface area contributed by atoms with Gasteiger partial charge < -0.3 is 105 Å². The van der Waals surface area contributed by atoms with Crippen molar-refractivity contribution in [3.05, 3.63) is 12.2 Å². The number of unbranched alkanes of at least 4 members (excludes halogenated alkanes) is 15. The third-order valence-electron chi connectivity index (χ3n) is 12.3. The Bertz CT molecular complexity index is 1340. The van der Waals surface area contributed by atoms with Gasteiger partial charge >= 0.3 is 11.9 Å². The largest absolute Gasteiger partial charge is 0.481 e. The normalized spacial score (nSPS) is 11.6. The van der Waals surface area contributed by atoms with E-state index in [-0.39, 0.29) is 18.8 Å². The number of carbonyl (C=O) groups is 2. The number of carbonyl (C=O) groups excluding carboxylic acids is 1. The maximum atomic E-state index is 11.5. The molecule has 0 spiro atoms. The first-order valence-electron chi connectivity index (χ1n) is 32.7. The highest BCUT2D eigenvalue weighted by atomic mass is 16.6. The van der Waals surface area contributed by atoms with Crippen LogP contribution in [0, 0.1) is 0 Å². The molecule has 0 amide bonds. The Labute approximate surface area is 523 Å². The molecule has 0 heterocycles. The van der Waals surface area contributed by atoms with Crippen LogP contribution in [0.2, 0.25) is 0 Å². The van der Waals surface area contributed by atoms with Crippen LogP contribution in [-0.4, -0.2) is 288 Å². The molecule has 0 saturated heterocycles. The van der Waals surface area contributed by atoms with Gasteiger partial charge in [0.2, 0.25) is 0 Å². The van der Waals surface area contributed by atoms with Crippen molar-refractivity contribution in [1.29, 1.82) is 0 Å². The monoisotopic (exact) mass is 1260 g/mol. The summed E-state index contributed by atoms with van der Waals surface area (Å²) in [5, 5.41) is 8.64. The maximum absolute atomic E-state index is 11.5. The molecule has 0 aliphatic carbocycles. The molecule has 0 atom stereocenters. The molecule has 0 aliphatic rings. The average molecular weight is 1260 g/mol. The maximum Gasteiger partial charge on any atom is 0.334 e. The summed E-state index contributed by atoms with van der Waals surface area (Å²) in [5.41, 5.74) is -0.113. The first-order chi connectivity index (χ1) is 43.1. The lowest BCUT2D eigenvalue weighted by molar-refractivity contribution is -0.144. The highest BCUT2D eigenvalue weighted by Gasteiger charge is 2.12.